The van der Waals surface area contributed by atoms with Gasteiger partial charge in [0.2, 0.25) is 0 Å². The second-order valence-electron chi connectivity index (χ2n) is 6.23. The number of carbonyl (C=O) groups is 1. The van der Waals surface area contributed by atoms with E-state index in [1.54, 1.807) is 0 Å². The van der Waals surface area contributed by atoms with E-state index in [2.05, 4.69) is 20.8 Å². The molecule has 128 valence electrons. The van der Waals surface area contributed by atoms with Crippen LogP contribution in [0.25, 0.3) is 0 Å². The van der Waals surface area contributed by atoms with Crippen LogP contribution in [0.4, 0.5) is 0 Å². The van der Waals surface area contributed by atoms with Crippen LogP contribution in [0.1, 0.15) is 98.8 Å². The summed E-state index contributed by atoms with van der Waals surface area (Å²) in [6.45, 7) is 10.5. The van der Waals surface area contributed by atoms with Gasteiger partial charge < -0.3 is 16.1 Å². The average molecular weight is 302 g/mol. The van der Waals surface area contributed by atoms with E-state index < -0.39 is 11.4 Å². The summed E-state index contributed by atoms with van der Waals surface area (Å²) in [6.07, 6.45) is 10.5. The van der Waals surface area contributed by atoms with Crippen molar-refractivity contribution in [3.8, 4) is 0 Å². The molecule has 0 heterocycles. The van der Waals surface area contributed by atoms with Gasteiger partial charge in [-0.3, -0.25) is 0 Å². The quantitative estimate of drug-likeness (QED) is 0.510. The highest BCUT2D eigenvalue weighted by molar-refractivity contribution is 5.73. The first-order valence-electron chi connectivity index (χ1n) is 8.71. The van der Waals surface area contributed by atoms with Crippen LogP contribution < -0.4 is 11.3 Å². The molecule has 3 heteroatoms. The van der Waals surface area contributed by atoms with E-state index in [9.17, 15) is 9.90 Å². The van der Waals surface area contributed by atoms with Gasteiger partial charge in [0, 0.05) is 11.4 Å². The molecule has 0 rings (SSSR count). The molecule has 0 aliphatic heterocycles. The van der Waals surface area contributed by atoms with Crippen LogP contribution in [0, 0.1) is 10.8 Å². The number of aliphatic carboxylic acids is 1. The van der Waals surface area contributed by atoms with Crippen molar-refractivity contribution in [2.24, 2.45) is 10.8 Å². The first-order valence-corrected chi connectivity index (χ1v) is 8.71. The topological polar surface area (TPSA) is 76.6 Å². The standard InChI is InChI=1S/C18H36O2.H3N/c1-6-11-12-13-14-15-17(7-2,8-3)18(9-4,10-5)16(19)20;/h6-15H2,1-5H3,(H,19,20);1H3. The van der Waals surface area contributed by atoms with Crippen LogP contribution >= 0.6 is 0 Å². The van der Waals surface area contributed by atoms with E-state index in [0.29, 0.717) is 12.8 Å². The van der Waals surface area contributed by atoms with Crippen molar-refractivity contribution < 1.29 is 9.90 Å². The number of hydrogen-bond donors (Lipinski definition) is 1. The van der Waals surface area contributed by atoms with Crippen molar-refractivity contribution in [1.29, 1.82) is 0 Å². The van der Waals surface area contributed by atoms with Gasteiger partial charge in [0.1, 0.15) is 0 Å². The molecule has 0 aromatic rings. The van der Waals surface area contributed by atoms with Gasteiger partial charge in [-0.1, -0.05) is 66.7 Å². The fourth-order valence-electron chi connectivity index (χ4n) is 4.09. The van der Waals surface area contributed by atoms with E-state index in [1.807, 2.05) is 13.8 Å². The lowest BCUT2D eigenvalue weighted by molar-refractivity contribution is -0.327. The fraction of sp³-hybridized carbons (Fsp3) is 0.944. The van der Waals surface area contributed by atoms with Crippen molar-refractivity contribution in [3.63, 3.8) is 0 Å². The third-order valence-electron chi connectivity index (χ3n) is 5.73. The minimum absolute atomic E-state index is 0. The van der Waals surface area contributed by atoms with Gasteiger partial charge in [-0.15, -0.1) is 0 Å². The smallest absolute Gasteiger partial charge is 0.0481 e. The van der Waals surface area contributed by atoms with Crippen LogP contribution in [0.3, 0.4) is 0 Å². The third kappa shape index (κ3) is 4.98. The van der Waals surface area contributed by atoms with Crippen LogP contribution in [0.15, 0.2) is 0 Å². The molecule has 0 aromatic carbocycles. The van der Waals surface area contributed by atoms with E-state index >= 15 is 0 Å². The van der Waals surface area contributed by atoms with Crippen molar-refractivity contribution >= 4 is 5.97 Å². The predicted octanol–water partition coefficient (Wildman–Crippen LogP) is 5.09. The Morgan fingerprint density at radius 3 is 1.62 bits per heavy atom. The molecule has 4 N–H and O–H groups in total. The summed E-state index contributed by atoms with van der Waals surface area (Å²) in [4.78, 5) is 11.9. The van der Waals surface area contributed by atoms with Gasteiger partial charge in [0.15, 0.2) is 0 Å². The lowest BCUT2D eigenvalue weighted by Crippen LogP contribution is -2.53. The predicted molar refractivity (Wildman–Crippen MR) is 90.4 cm³/mol. The molecule has 0 fully saturated rings. The Morgan fingerprint density at radius 2 is 1.29 bits per heavy atom. The largest absolute Gasteiger partial charge is 0.550 e. The zero-order chi connectivity index (χ0) is 15.6. The Hall–Kier alpha value is -0.570. The van der Waals surface area contributed by atoms with E-state index in [1.165, 1.54) is 25.7 Å². The van der Waals surface area contributed by atoms with Crippen LogP contribution in [0.5, 0.6) is 0 Å². The maximum atomic E-state index is 11.9. The highest BCUT2D eigenvalue weighted by Crippen LogP contribution is 2.52. The third-order valence-corrected chi connectivity index (χ3v) is 5.73. The minimum Gasteiger partial charge on any atom is -0.550 e. The van der Waals surface area contributed by atoms with E-state index in [4.69, 9.17) is 0 Å². The van der Waals surface area contributed by atoms with Crippen molar-refractivity contribution in [3.05, 3.63) is 0 Å². The van der Waals surface area contributed by atoms with Gasteiger partial charge in [0.05, 0.1) is 0 Å². The van der Waals surface area contributed by atoms with Gasteiger partial charge in [0.25, 0.3) is 0 Å². The molecule has 3 nitrogen and oxygen atoms in total. The molecule has 0 radical (unpaired) electrons. The Kier molecular flexibility index (Phi) is 12.0. The molecule has 0 spiro atoms. The maximum absolute atomic E-state index is 11.9. The molecular weight excluding hydrogens is 262 g/mol. The Labute approximate surface area is 132 Å². The first-order chi connectivity index (χ1) is 9.50. The molecule has 0 saturated heterocycles. The highest BCUT2D eigenvalue weighted by atomic mass is 16.4. The maximum Gasteiger partial charge on any atom is 0.0481 e. The lowest BCUT2D eigenvalue weighted by Gasteiger charge is -2.51. The monoisotopic (exact) mass is 301 g/mol. The first kappa shape index (κ1) is 22.7. The fourth-order valence-corrected chi connectivity index (χ4v) is 4.09. The molecule has 0 aromatic heterocycles. The Morgan fingerprint density at radius 1 is 0.810 bits per heavy atom. The summed E-state index contributed by atoms with van der Waals surface area (Å²) in [5.74, 6) is -0.834. The van der Waals surface area contributed by atoms with Crippen molar-refractivity contribution in [2.75, 3.05) is 0 Å². The normalized spacial score (nSPS) is 12.0. The summed E-state index contributed by atoms with van der Waals surface area (Å²) < 4.78 is 0. The number of hydrogen-bond acceptors (Lipinski definition) is 2. The molecule has 0 unspecified atom stereocenters. The number of unbranched alkanes of at least 4 members (excludes halogenated alkanes) is 4. The van der Waals surface area contributed by atoms with Gasteiger partial charge in [-0.25, -0.2) is 0 Å². The molecule has 21 heavy (non-hydrogen) atoms. The van der Waals surface area contributed by atoms with Gasteiger partial charge in [-0.2, -0.15) is 0 Å². The number of carboxylic acid groups (broad SMARTS) is 1. The van der Waals surface area contributed by atoms with E-state index in [0.717, 1.165) is 25.7 Å². The summed E-state index contributed by atoms with van der Waals surface area (Å²) in [7, 11) is 0. The molecule has 0 aliphatic rings. The molecule has 0 aliphatic carbocycles. The minimum atomic E-state index is -0.834. The summed E-state index contributed by atoms with van der Waals surface area (Å²) in [6, 6.07) is 0. The number of quaternary nitrogens is 1. The van der Waals surface area contributed by atoms with Crippen LogP contribution in [0.2, 0.25) is 0 Å². The number of rotatable bonds is 12. The van der Waals surface area contributed by atoms with E-state index in [-0.39, 0.29) is 11.6 Å². The zero-order valence-corrected chi connectivity index (χ0v) is 15.4. The van der Waals surface area contributed by atoms with Crippen LogP contribution in [-0.2, 0) is 4.79 Å². The summed E-state index contributed by atoms with van der Waals surface area (Å²) in [5, 5.41) is 11.9. The average Bonchev–Trinajstić information content (AvgIpc) is 2.46. The molecule has 0 bridgehead atoms. The zero-order valence-electron chi connectivity index (χ0n) is 15.4. The second kappa shape index (κ2) is 11.1. The molecular formula is C18H39NO2. The molecule has 0 atom stereocenters. The van der Waals surface area contributed by atoms with Crippen LogP contribution in [-0.4, -0.2) is 5.97 Å². The number of carboxylic acids is 1. The Bertz CT molecular complexity index is 268. The summed E-state index contributed by atoms with van der Waals surface area (Å²) >= 11 is 0. The summed E-state index contributed by atoms with van der Waals surface area (Å²) in [5.41, 5.74) is -0.747. The SMILES string of the molecule is CCCCCCCC(CC)(CC)C(CC)(CC)C(=O)[O-].[NH4+]. The van der Waals surface area contributed by atoms with Gasteiger partial charge in [-0.05, 0) is 37.5 Å². The lowest BCUT2D eigenvalue weighted by atomic mass is 9.55. The Balaban J connectivity index is 0. The molecule has 0 amide bonds. The second-order valence-corrected chi connectivity index (χ2v) is 6.23. The van der Waals surface area contributed by atoms with Crippen molar-refractivity contribution in [2.45, 2.75) is 98.8 Å². The highest BCUT2D eigenvalue weighted by Gasteiger charge is 2.47. The van der Waals surface area contributed by atoms with Gasteiger partial charge >= 0.3 is 0 Å². The number of carbonyl (C=O) groups excluding carboxylic acids is 1. The molecule has 0 saturated carbocycles. The van der Waals surface area contributed by atoms with Crippen molar-refractivity contribution in [1.82, 2.24) is 6.15 Å².